The SMILES string of the molecule is C=C1CC[C@H](OC(=O)C(C)C)[C@@]2(C)[C@@H](OC(C)=O)[C@@H](OC(=O)CC(C)C)[C@@H](OC(=O)CC(C)C)[C@]3(CO3)[C@@H]2[C@H](OC(C)=O)[C@]2(O)[C@@H](C)C(=O)O[C@H]2[C@H]1Cl. The lowest BCUT2D eigenvalue weighted by Gasteiger charge is -2.60. The predicted molar refractivity (Wildman–Crippen MR) is 187 cm³/mol. The summed E-state index contributed by atoms with van der Waals surface area (Å²) in [5, 5.41) is 11.8. The number of carbonyl (C=O) groups excluding carboxylic acids is 6. The fourth-order valence-electron chi connectivity index (χ4n) is 8.29. The van der Waals surface area contributed by atoms with Crippen LogP contribution in [0, 0.1) is 35.0 Å². The first-order valence-corrected chi connectivity index (χ1v) is 18.8. The number of halogens is 1. The van der Waals surface area contributed by atoms with Gasteiger partial charge in [-0.2, -0.15) is 0 Å². The molecule has 0 aromatic rings. The summed E-state index contributed by atoms with van der Waals surface area (Å²) in [6.45, 7) is 19.6. The molecule has 2 saturated heterocycles. The van der Waals surface area contributed by atoms with Crippen LogP contribution < -0.4 is 0 Å². The van der Waals surface area contributed by atoms with Gasteiger partial charge in [-0.1, -0.05) is 60.6 Å². The Morgan fingerprint density at radius 2 is 1.42 bits per heavy atom. The summed E-state index contributed by atoms with van der Waals surface area (Å²) in [5.74, 6) is -8.28. The fraction of sp³-hybridized carbons (Fsp3) is 0.789. The molecule has 53 heavy (non-hydrogen) atoms. The van der Waals surface area contributed by atoms with Crippen molar-refractivity contribution in [3.05, 3.63) is 12.2 Å². The zero-order chi connectivity index (χ0) is 40.0. The summed E-state index contributed by atoms with van der Waals surface area (Å²) in [5.41, 5.74) is -5.60. The molecule has 0 radical (unpaired) electrons. The largest absolute Gasteiger partial charge is 0.461 e. The zero-order valence-corrected chi connectivity index (χ0v) is 33.1. The third-order valence-electron chi connectivity index (χ3n) is 10.9. The summed E-state index contributed by atoms with van der Waals surface area (Å²) >= 11 is 6.95. The topological polar surface area (TPSA) is 191 Å². The van der Waals surface area contributed by atoms with Crippen LogP contribution in [0.4, 0.5) is 0 Å². The van der Waals surface area contributed by atoms with E-state index in [1.165, 1.54) is 6.92 Å². The highest BCUT2D eigenvalue weighted by molar-refractivity contribution is 6.23. The van der Waals surface area contributed by atoms with Crippen LogP contribution in [-0.4, -0.2) is 101 Å². The minimum atomic E-state index is -2.40. The minimum absolute atomic E-state index is 0.00668. The summed E-state index contributed by atoms with van der Waals surface area (Å²) in [7, 11) is 0. The summed E-state index contributed by atoms with van der Waals surface area (Å²) in [4.78, 5) is 80.4. The van der Waals surface area contributed by atoms with Crippen LogP contribution in [-0.2, 0) is 61.9 Å². The van der Waals surface area contributed by atoms with E-state index in [-0.39, 0.29) is 44.1 Å². The number of epoxide rings is 1. The minimum Gasteiger partial charge on any atom is -0.461 e. The second kappa shape index (κ2) is 15.9. The van der Waals surface area contributed by atoms with E-state index < -0.39 is 112 Å². The van der Waals surface area contributed by atoms with Crippen LogP contribution in [0.25, 0.3) is 0 Å². The first kappa shape index (κ1) is 42.5. The highest BCUT2D eigenvalue weighted by atomic mass is 35.5. The number of hydrogen-bond donors (Lipinski definition) is 1. The summed E-state index contributed by atoms with van der Waals surface area (Å²) in [6, 6.07) is 0. The van der Waals surface area contributed by atoms with E-state index in [2.05, 4.69) is 6.58 Å². The van der Waals surface area contributed by atoms with Gasteiger partial charge in [-0.15, -0.1) is 11.6 Å². The van der Waals surface area contributed by atoms with Crippen molar-refractivity contribution in [1.82, 2.24) is 0 Å². The van der Waals surface area contributed by atoms with E-state index >= 15 is 0 Å². The van der Waals surface area contributed by atoms with Gasteiger partial charge in [-0.3, -0.25) is 28.8 Å². The number of fused-ring (bicyclic) bond motifs is 3. The quantitative estimate of drug-likeness (QED) is 0.110. The van der Waals surface area contributed by atoms with Crippen LogP contribution in [0.2, 0.25) is 0 Å². The average molecular weight is 771 g/mol. The molecule has 0 unspecified atom stereocenters. The second-order valence-electron chi connectivity index (χ2n) is 16.4. The first-order chi connectivity index (χ1) is 24.5. The number of carbonyl (C=O) groups is 6. The van der Waals surface area contributed by atoms with Crippen LogP contribution >= 0.6 is 11.6 Å². The molecule has 0 aromatic heterocycles. The maximum Gasteiger partial charge on any atom is 0.312 e. The lowest BCUT2D eigenvalue weighted by Crippen LogP contribution is -2.76. The number of ether oxygens (including phenoxy) is 7. The molecule has 4 fully saturated rings. The molecule has 4 rings (SSSR count). The number of alkyl halides is 1. The molecule has 1 spiro atoms. The van der Waals surface area contributed by atoms with Gasteiger partial charge in [-0.25, -0.2) is 0 Å². The smallest absolute Gasteiger partial charge is 0.312 e. The van der Waals surface area contributed by atoms with Crippen LogP contribution in [0.15, 0.2) is 12.2 Å². The highest BCUT2D eigenvalue weighted by Gasteiger charge is 2.81. The molecule has 15 heteroatoms. The summed E-state index contributed by atoms with van der Waals surface area (Å²) in [6.07, 6.45) is -9.21. The Morgan fingerprint density at radius 3 is 1.91 bits per heavy atom. The van der Waals surface area contributed by atoms with Gasteiger partial charge in [0.2, 0.25) is 0 Å². The Kier molecular flexibility index (Phi) is 12.7. The van der Waals surface area contributed by atoms with Crippen molar-refractivity contribution in [3.8, 4) is 0 Å². The van der Waals surface area contributed by atoms with E-state index in [0.717, 1.165) is 13.8 Å². The lowest BCUT2D eigenvalue weighted by atomic mass is 9.51. The van der Waals surface area contributed by atoms with Gasteiger partial charge < -0.3 is 38.3 Å². The molecule has 2 aliphatic heterocycles. The van der Waals surface area contributed by atoms with E-state index in [1.807, 2.05) is 0 Å². The van der Waals surface area contributed by atoms with Crippen LogP contribution in [0.5, 0.6) is 0 Å². The Hall–Kier alpha value is -3.23. The van der Waals surface area contributed by atoms with Crippen molar-refractivity contribution in [2.24, 2.45) is 35.0 Å². The van der Waals surface area contributed by atoms with E-state index in [9.17, 15) is 33.9 Å². The molecule has 2 aliphatic carbocycles. The molecule has 4 aliphatic rings. The van der Waals surface area contributed by atoms with Gasteiger partial charge in [0.1, 0.15) is 17.8 Å². The highest BCUT2D eigenvalue weighted by Crippen LogP contribution is 2.64. The molecular weight excluding hydrogens is 716 g/mol. The van der Waals surface area contributed by atoms with Crippen molar-refractivity contribution >= 4 is 47.4 Å². The predicted octanol–water partition coefficient (Wildman–Crippen LogP) is 3.99. The van der Waals surface area contributed by atoms with E-state index in [4.69, 9.17) is 44.8 Å². The Morgan fingerprint density at radius 1 is 0.887 bits per heavy atom. The van der Waals surface area contributed by atoms with Crippen LogP contribution in [0.3, 0.4) is 0 Å². The molecule has 298 valence electrons. The zero-order valence-electron chi connectivity index (χ0n) is 32.3. The first-order valence-electron chi connectivity index (χ1n) is 18.3. The maximum absolute atomic E-state index is 13.6. The molecular formula is C38H55ClO14. The monoisotopic (exact) mass is 770 g/mol. The summed E-state index contributed by atoms with van der Waals surface area (Å²) < 4.78 is 42.8. The van der Waals surface area contributed by atoms with Crippen molar-refractivity contribution in [1.29, 1.82) is 0 Å². The van der Waals surface area contributed by atoms with Gasteiger partial charge in [0.25, 0.3) is 0 Å². The number of hydrogen-bond acceptors (Lipinski definition) is 14. The van der Waals surface area contributed by atoms with Gasteiger partial charge >= 0.3 is 35.8 Å². The van der Waals surface area contributed by atoms with Gasteiger partial charge in [-0.05, 0) is 31.6 Å². The lowest BCUT2D eigenvalue weighted by molar-refractivity contribution is -0.286. The van der Waals surface area contributed by atoms with Crippen molar-refractivity contribution in [3.63, 3.8) is 0 Å². The van der Waals surface area contributed by atoms with E-state index in [0.29, 0.717) is 5.57 Å². The van der Waals surface area contributed by atoms with Crippen molar-refractivity contribution in [2.45, 2.75) is 148 Å². The number of rotatable bonds is 10. The molecule has 1 N–H and O–H groups in total. The molecule has 0 aromatic carbocycles. The fourth-order valence-corrected chi connectivity index (χ4v) is 8.66. The molecule has 0 bridgehead atoms. The van der Waals surface area contributed by atoms with Gasteiger partial charge in [0, 0.05) is 32.6 Å². The number of aliphatic hydroxyl groups is 1. The van der Waals surface area contributed by atoms with Crippen molar-refractivity contribution < 1.29 is 67.0 Å². The third-order valence-corrected chi connectivity index (χ3v) is 11.5. The standard InChI is InChI=1S/C38H55ClO14/c1-17(2)14-25(42)51-28-31(48-22(9)40)36(11)24(50-34(44)19(5)6)13-12-20(7)27(39)30-38(46,21(8)35(45)53-30)33(49-23(10)41)29(36)37(16-47-37)32(28)52-26(43)15-18(3)4/h17-19,21,24,27-33,46H,7,12-16H2,1-6,8-11H3/t21-,24-,27-,28+,29+,30-,31-,32+,33-,36+,37-,38-/m0/s1. The normalized spacial score (nSPS) is 38.1. The van der Waals surface area contributed by atoms with Crippen LogP contribution in [0.1, 0.15) is 94.9 Å². The Labute approximate surface area is 315 Å². The molecule has 0 amide bonds. The molecule has 2 saturated carbocycles. The van der Waals surface area contributed by atoms with Gasteiger partial charge in [0.05, 0.1) is 29.2 Å². The van der Waals surface area contributed by atoms with Gasteiger partial charge in [0.15, 0.2) is 30.0 Å². The Balaban J connectivity index is 2.14. The third kappa shape index (κ3) is 8.10. The Bertz CT molecular complexity index is 1470. The second-order valence-corrected chi connectivity index (χ2v) is 16.8. The van der Waals surface area contributed by atoms with E-state index in [1.54, 1.807) is 48.5 Å². The maximum atomic E-state index is 13.6. The molecule has 2 heterocycles. The number of esters is 6. The molecule has 14 nitrogen and oxygen atoms in total. The average Bonchev–Trinajstić information content (AvgIpc) is 3.78. The molecule has 12 atom stereocenters. The van der Waals surface area contributed by atoms with Crippen molar-refractivity contribution in [2.75, 3.05) is 6.61 Å².